The zero-order valence-electron chi connectivity index (χ0n) is 21.3. The number of hydrogen-bond acceptors (Lipinski definition) is 8. The van der Waals surface area contributed by atoms with Crippen LogP contribution < -0.4 is 50.4 Å². The summed E-state index contributed by atoms with van der Waals surface area (Å²) < 4.78 is 0. The van der Waals surface area contributed by atoms with Gasteiger partial charge >= 0.3 is 5.97 Å². The Morgan fingerprint density at radius 2 is 1.24 bits per heavy atom. The number of amides is 3. The van der Waals surface area contributed by atoms with E-state index in [0.717, 1.165) is 0 Å². The molecule has 0 aliphatic heterocycles. The molecule has 0 aliphatic rings. The Labute approximate surface area is 216 Å². The highest BCUT2D eigenvalue weighted by molar-refractivity contribution is 5.93. The van der Waals surface area contributed by atoms with E-state index in [1.807, 2.05) is 0 Å². The quantitative estimate of drug-likeness (QED) is 0.0438. The summed E-state index contributed by atoms with van der Waals surface area (Å²) in [6.45, 7) is 2.33. The highest BCUT2D eigenvalue weighted by Gasteiger charge is 2.28. The molecule has 0 aromatic heterocycles. The van der Waals surface area contributed by atoms with Crippen LogP contribution in [0.25, 0.3) is 0 Å². The van der Waals surface area contributed by atoms with Gasteiger partial charge in [0.05, 0.1) is 6.04 Å². The molecule has 212 valence electrons. The van der Waals surface area contributed by atoms with Crippen molar-refractivity contribution >= 4 is 35.6 Å². The summed E-state index contributed by atoms with van der Waals surface area (Å²) in [6, 6.07) is -4.16. The molecule has 4 atom stereocenters. The summed E-state index contributed by atoms with van der Waals surface area (Å²) >= 11 is 0. The van der Waals surface area contributed by atoms with Crippen LogP contribution in [0.4, 0.5) is 0 Å². The summed E-state index contributed by atoms with van der Waals surface area (Å²) in [7, 11) is 0. The van der Waals surface area contributed by atoms with E-state index in [9.17, 15) is 24.3 Å². The standard InChI is InChI=1S/C21H43N11O5/c1-12(30-17(34)13(23)6-4-10-28-20(24)25)16(33)31-14(8-5-11-29-21(26)27)18(35)32-15(19(36)37)7-2-3-9-22/h12-15H,2-11,22-23H2,1H3,(H,30,34)(H,31,33)(H,32,35)(H,36,37)(H4,24,25,28)(H4,26,27,29). The maximum atomic E-state index is 12.9. The van der Waals surface area contributed by atoms with Crippen LogP contribution in [-0.2, 0) is 19.2 Å². The molecule has 0 aromatic rings. The smallest absolute Gasteiger partial charge is 0.326 e. The number of unbranched alkanes of at least 4 members (excludes halogenated alkanes) is 1. The van der Waals surface area contributed by atoms with Gasteiger partial charge in [-0.1, -0.05) is 0 Å². The Hall–Kier alpha value is -3.66. The van der Waals surface area contributed by atoms with Gasteiger partial charge in [-0.2, -0.15) is 0 Å². The second-order valence-corrected chi connectivity index (χ2v) is 8.48. The third-order valence-corrected chi connectivity index (χ3v) is 5.20. The predicted molar refractivity (Wildman–Crippen MR) is 140 cm³/mol. The Bertz CT molecular complexity index is 798. The van der Waals surface area contributed by atoms with Gasteiger partial charge < -0.3 is 55.5 Å². The van der Waals surface area contributed by atoms with Crippen molar-refractivity contribution in [2.75, 3.05) is 19.6 Å². The molecule has 0 saturated heterocycles. The van der Waals surface area contributed by atoms with Crippen molar-refractivity contribution in [2.24, 2.45) is 44.4 Å². The van der Waals surface area contributed by atoms with E-state index >= 15 is 0 Å². The molecule has 16 N–H and O–H groups in total. The first kappa shape index (κ1) is 33.3. The van der Waals surface area contributed by atoms with Gasteiger partial charge in [0.25, 0.3) is 0 Å². The fraction of sp³-hybridized carbons (Fsp3) is 0.714. The molecule has 0 saturated carbocycles. The molecule has 0 fully saturated rings. The summed E-state index contributed by atoms with van der Waals surface area (Å²) in [6.07, 6.45) is 2.47. The zero-order valence-corrected chi connectivity index (χ0v) is 21.3. The van der Waals surface area contributed by atoms with Gasteiger partial charge in [-0.05, 0) is 58.4 Å². The normalized spacial score (nSPS) is 13.8. The van der Waals surface area contributed by atoms with Crippen LogP contribution in [-0.4, -0.2) is 84.5 Å². The molecule has 0 bridgehead atoms. The second kappa shape index (κ2) is 18.6. The molecule has 16 heteroatoms. The number of nitrogens with zero attached hydrogens (tertiary/aromatic N) is 2. The Morgan fingerprint density at radius 3 is 1.76 bits per heavy atom. The number of aliphatic carboxylic acids is 1. The van der Waals surface area contributed by atoms with E-state index in [4.69, 9.17) is 34.4 Å². The van der Waals surface area contributed by atoms with Gasteiger partial charge in [0.2, 0.25) is 17.7 Å². The van der Waals surface area contributed by atoms with Crippen LogP contribution in [0.5, 0.6) is 0 Å². The van der Waals surface area contributed by atoms with E-state index in [1.165, 1.54) is 6.92 Å². The molecule has 0 aromatic carbocycles. The number of hydrogen-bond donors (Lipinski definition) is 10. The molecule has 4 unspecified atom stereocenters. The Morgan fingerprint density at radius 1 is 0.730 bits per heavy atom. The lowest BCUT2D eigenvalue weighted by Gasteiger charge is -2.23. The third-order valence-electron chi connectivity index (χ3n) is 5.20. The van der Waals surface area contributed by atoms with E-state index in [2.05, 4.69) is 25.9 Å². The molecular formula is C21H43N11O5. The lowest BCUT2D eigenvalue weighted by Crippen LogP contribution is -2.56. The van der Waals surface area contributed by atoms with Crippen molar-refractivity contribution < 1.29 is 24.3 Å². The minimum absolute atomic E-state index is 0.0644. The van der Waals surface area contributed by atoms with Crippen molar-refractivity contribution in [1.29, 1.82) is 0 Å². The number of carboxylic acids is 1. The van der Waals surface area contributed by atoms with Gasteiger partial charge in [-0.25, -0.2) is 4.79 Å². The van der Waals surface area contributed by atoms with Crippen molar-refractivity contribution in [1.82, 2.24) is 16.0 Å². The summed E-state index contributed by atoms with van der Waals surface area (Å²) in [5, 5.41) is 16.9. The van der Waals surface area contributed by atoms with Crippen LogP contribution in [0.15, 0.2) is 9.98 Å². The fourth-order valence-electron chi connectivity index (χ4n) is 3.13. The van der Waals surface area contributed by atoms with Crippen molar-refractivity contribution in [3.63, 3.8) is 0 Å². The first-order valence-corrected chi connectivity index (χ1v) is 12.1. The molecule has 37 heavy (non-hydrogen) atoms. The Kier molecular flexibility index (Phi) is 16.7. The maximum absolute atomic E-state index is 12.9. The van der Waals surface area contributed by atoms with Gasteiger partial charge in [-0.15, -0.1) is 0 Å². The first-order valence-electron chi connectivity index (χ1n) is 12.1. The maximum Gasteiger partial charge on any atom is 0.326 e. The highest BCUT2D eigenvalue weighted by Crippen LogP contribution is 2.05. The minimum atomic E-state index is -1.20. The van der Waals surface area contributed by atoms with E-state index in [0.29, 0.717) is 38.8 Å². The summed E-state index contributed by atoms with van der Waals surface area (Å²) in [5.41, 5.74) is 32.4. The van der Waals surface area contributed by atoms with E-state index in [1.54, 1.807) is 0 Å². The number of nitrogens with one attached hydrogen (secondary N) is 3. The third kappa shape index (κ3) is 15.8. The van der Waals surface area contributed by atoms with Crippen LogP contribution >= 0.6 is 0 Å². The first-order chi connectivity index (χ1) is 17.4. The van der Waals surface area contributed by atoms with E-state index < -0.39 is 47.9 Å². The minimum Gasteiger partial charge on any atom is -0.480 e. The van der Waals surface area contributed by atoms with Crippen molar-refractivity contribution in [2.45, 2.75) is 76.0 Å². The van der Waals surface area contributed by atoms with Gasteiger partial charge in [0.1, 0.15) is 18.1 Å². The topological polar surface area (TPSA) is 305 Å². The molecule has 3 amide bonds. The summed E-state index contributed by atoms with van der Waals surface area (Å²) in [4.78, 5) is 57.1. The number of rotatable bonds is 19. The van der Waals surface area contributed by atoms with Crippen LogP contribution in [0, 0.1) is 0 Å². The average molecular weight is 530 g/mol. The van der Waals surface area contributed by atoms with Gasteiger partial charge in [-0.3, -0.25) is 24.4 Å². The van der Waals surface area contributed by atoms with Gasteiger partial charge in [0.15, 0.2) is 11.9 Å². The number of aliphatic imine (C=N–C) groups is 2. The molecule has 0 aliphatic carbocycles. The fourth-order valence-corrected chi connectivity index (χ4v) is 3.13. The lowest BCUT2D eigenvalue weighted by atomic mass is 10.1. The number of carboxylic acid groups (broad SMARTS) is 1. The van der Waals surface area contributed by atoms with Crippen molar-refractivity contribution in [3.8, 4) is 0 Å². The molecule has 16 nitrogen and oxygen atoms in total. The predicted octanol–water partition coefficient (Wildman–Crippen LogP) is -3.89. The Balaban J connectivity index is 5.14. The van der Waals surface area contributed by atoms with Crippen LogP contribution in [0.3, 0.4) is 0 Å². The highest BCUT2D eigenvalue weighted by atomic mass is 16.4. The summed E-state index contributed by atoms with van der Waals surface area (Å²) in [5.74, 6) is -3.30. The lowest BCUT2D eigenvalue weighted by molar-refractivity contribution is -0.142. The zero-order chi connectivity index (χ0) is 28.4. The number of guanidine groups is 2. The number of carbonyl (C=O) groups is 4. The average Bonchev–Trinajstić information content (AvgIpc) is 2.82. The van der Waals surface area contributed by atoms with E-state index in [-0.39, 0.29) is 37.7 Å². The van der Waals surface area contributed by atoms with Crippen LogP contribution in [0.1, 0.15) is 51.9 Å². The number of carbonyl (C=O) groups excluding carboxylic acids is 3. The monoisotopic (exact) mass is 529 g/mol. The molecule has 0 heterocycles. The molecule has 0 radical (unpaired) electrons. The van der Waals surface area contributed by atoms with Gasteiger partial charge in [0, 0.05) is 13.1 Å². The van der Waals surface area contributed by atoms with Crippen LogP contribution in [0.2, 0.25) is 0 Å². The SMILES string of the molecule is CC(NC(=O)C(N)CCCN=C(N)N)C(=O)NC(CCCN=C(N)N)C(=O)NC(CCCCN)C(=O)O. The molecule has 0 spiro atoms. The second-order valence-electron chi connectivity index (χ2n) is 8.48. The largest absolute Gasteiger partial charge is 0.480 e. The molecule has 0 rings (SSSR count). The molecular weight excluding hydrogens is 486 g/mol. The van der Waals surface area contributed by atoms with Crippen molar-refractivity contribution in [3.05, 3.63) is 0 Å². The number of nitrogens with two attached hydrogens (primary N) is 6.